The van der Waals surface area contributed by atoms with Gasteiger partial charge in [-0.3, -0.25) is 9.78 Å². The zero-order chi connectivity index (χ0) is 27.2. The fourth-order valence-corrected chi connectivity index (χ4v) is 6.43. The Morgan fingerprint density at radius 2 is 1.25 bits per heavy atom. The number of H-pyrrole nitrogens is 1. The van der Waals surface area contributed by atoms with Gasteiger partial charge in [0.15, 0.2) is 11.5 Å². The van der Waals surface area contributed by atoms with Crippen LogP contribution in [0.15, 0.2) is 126 Å². The van der Waals surface area contributed by atoms with Gasteiger partial charge < -0.3 is 14.8 Å². The molecule has 0 radical (unpaired) electrons. The molecule has 0 unspecified atom stereocenters. The molecule has 0 amide bonds. The van der Waals surface area contributed by atoms with Crippen LogP contribution in [0, 0.1) is 0 Å². The highest BCUT2D eigenvalue weighted by Gasteiger charge is 2.36. The Bertz CT molecular complexity index is 1490. The van der Waals surface area contributed by atoms with Crippen LogP contribution in [-0.2, 0) is 11.2 Å². The molecule has 0 saturated carbocycles. The van der Waals surface area contributed by atoms with E-state index in [1.165, 1.54) is 16.7 Å². The van der Waals surface area contributed by atoms with Crippen molar-refractivity contribution in [1.29, 1.82) is 0 Å². The molecule has 4 aromatic carbocycles. The number of rotatable bonds is 10. The second kappa shape index (κ2) is 11.7. The van der Waals surface area contributed by atoms with Crippen molar-refractivity contribution in [1.82, 2.24) is 9.97 Å². The van der Waals surface area contributed by atoms with Crippen molar-refractivity contribution < 1.29 is 9.47 Å². The zero-order valence-corrected chi connectivity index (χ0v) is 22.6. The first-order valence-electron chi connectivity index (χ1n) is 13.3. The first-order valence-corrected chi connectivity index (χ1v) is 14.3. The monoisotopic (exact) mass is 547 g/mol. The van der Waals surface area contributed by atoms with Gasteiger partial charge in [0, 0.05) is 24.1 Å². The lowest BCUT2D eigenvalue weighted by Gasteiger charge is -2.35. The number of hydrogen-bond acceptors (Lipinski definition) is 6. The van der Waals surface area contributed by atoms with E-state index >= 15 is 0 Å². The van der Waals surface area contributed by atoms with E-state index in [9.17, 15) is 4.79 Å². The maximum absolute atomic E-state index is 12.8. The summed E-state index contributed by atoms with van der Waals surface area (Å²) in [5.41, 5.74) is 3.94. The molecule has 0 aliphatic carbocycles. The van der Waals surface area contributed by atoms with Gasteiger partial charge in [0.05, 0.1) is 11.2 Å². The van der Waals surface area contributed by atoms with E-state index in [1.807, 2.05) is 54.2 Å². The summed E-state index contributed by atoms with van der Waals surface area (Å²) in [6.07, 6.45) is 1.35. The summed E-state index contributed by atoms with van der Waals surface area (Å²) in [5, 5.41) is 3.30. The average Bonchev–Trinajstić information content (AvgIpc) is 3.43. The standard InChI is InChI=1S/C33H29N3O3S/c37-31-24(22-30-38-28-18-10-11-19-29(28)39-30)23-35-32(36-31)34-20-21-40-33(25-12-4-1-5-13-25,26-14-6-2-7-15-26)27-16-8-3-9-17-27/h1-19,23,30H,20-22H2,(H2,34,35,36,37). The summed E-state index contributed by atoms with van der Waals surface area (Å²) in [4.78, 5) is 20.1. The Labute approximate surface area is 237 Å². The lowest BCUT2D eigenvalue weighted by atomic mass is 9.84. The second-order valence-corrected chi connectivity index (χ2v) is 10.8. The number of ether oxygens (including phenoxy) is 2. The third-order valence-corrected chi connectivity index (χ3v) is 8.43. The Morgan fingerprint density at radius 3 is 1.75 bits per heavy atom. The fourth-order valence-electron chi connectivity index (χ4n) is 5.01. The molecule has 0 spiro atoms. The van der Waals surface area contributed by atoms with Crippen molar-refractivity contribution in [2.24, 2.45) is 0 Å². The van der Waals surface area contributed by atoms with Gasteiger partial charge in [-0.25, -0.2) is 4.98 Å². The van der Waals surface area contributed by atoms with Crippen LogP contribution in [0.5, 0.6) is 11.5 Å². The molecular formula is C33H29N3O3S. The summed E-state index contributed by atoms with van der Waals surface area (Å²) in [5.74, 6) is 2.58. The van der Waals surface area contributed by atoms with Gasteiger partial charge in [0.2, 0.25) is 12.2 Å². The summed E-state index contributed by atoms with van der Waals surface area (Å²) in [6, 6.07) is 39.3. The topological polar surface area (TPSA) is 76.2 Å². The van der Waals surface area contributed by atoms with Crippen LogP contribution >= 0.6 is 11.8 Å². The van der Waals surface area contributed by atoms with Gasteiger partial charge in [-0.05, 0) is 28.8 Å². The molecule has 1 aliphatic heterocycles. The minimum atomic E-state index is -0.544. The number of aromatic nitrogens is 2. The molecule has 6 nitrogen and oxygen atoms in total. The van der Waals surface area contributed by atoms with Crippen molar-refractivity contribution in [2.75, 3.05) is 17.6 Å². The van der Waals surface area contributed by atoms with E-state index in [2.05, 4.69) is 88.1 Å². The molecule has 6 rings (SSSR count). The fraction of sp³-hybridized carbons (Fsp3) is 0.152. The van der Waals surface area contributed by atoms with Crippen molar-refractivity contribution in [3.05, 3.63) is 154 Å². The zero-order valence-electron chi connectivity index (χ0n) is 21.8. The van der Waals surface area contributed by atoms with Crippen LogP contribution in [-0.4, -0.2) is 28.6 Å². The van der Waals surface area contributed by atoms with Gasteiger partial charge in [0.25, 0.3) is 5.56 Å². The Hall–Kier alpha value is -4.49. The number of nitrogens with one attached hydrogen (secondary N) is 2. The number of aromatic amines is 1. The average molecular weight is 548 g/mol. The molecule has 0 bridgehead atoms. The number of thioether (sulfide) groups is 1. The number of fused-ring (bicyclic) bond motifs is 1. The predicted octanol–water partition coefficient (Wildman–Crippen LogP) is 6.25. The summed E-state index contributed by atoms with van der Waals surface area (Å²) >= 11 is 1.85. The van der Waals surface area contributed by atoms with Crippen molar-refractivity contribution in [2.45, 2.75) is 17.5 Å². The number of anilines is 1. The predicted molar refractivity (Wildman–Crippen MR) is 160 cm³/mol. The number of nitrogens with zero attached hydrogens (tertiary/aromatic N) is 1. The molecule has 1 aliphatic rings. The van der Waals surface area contributed by atoms with Crippen LogP contribution in [0.4, 0.5) is 5.95 Å². The normalized spacial score (nSPS) is 12.8. The van der Waals surface area contributed by atoms with E-state index < -0.39 is 11.0 Å². The molecule has 0 atom stereocenters. The Kier molecular flexibility index (Phi) is 7.55. The third kappa shape index (κ3) is 5.33. The second-order valence-electron chi connectivity index (χ2n) is 9.46. The largest absolute Gasteiger partial charge is 0.451 e. The summed E-state index contributed by atoms with van der Waals surface area (Å²) < 4.78 is 11.2. The van der Waals surface area contributed by atoms with Crippen LogP contribution < -0.4 is 20.3 Å². The lowest BCUT2D eigenvalue weighted by Crippen LogP contribution is -2.28. The van der Waals surface area contributed by atoms with Crippen LogP contribution in [0.1, 0.15) is 22.3 Å². The minimum absolute atomic E-state index is 0.208. The maximum atomic E-state index is 12.8. The molecular weight excluding hydrogens is 518 g/mol. The van der Waals surface area contributed by atoms with E-state index in [0.29, 0.717) is 36.0 Å². The smallest absolute Gasteiger partial charge is 0.255 e. The van der Waals surface area contributed by atoms with Gasteiger partial charge in [0.1, 0.15) is 0 Å². The maximum Gasteiger partial charge on any atom is 0.255 e. The van der Waals surface area contributed by atoms with Gasteiger partial charge in [-0.15, -0.1) is 11.8 Å². The van der Waals surface area contributed by atoms with Crippen molar-refractivity contribution in [3.8, 4) is 11.5 Å². The van der Waals surface area contributed by atoms with Crippen LogP contribution in [0.2, 0.25) is 0 Å². The molecule has 0 fully saturated rings. The lowest BCUT2D eigenvalue weighted by molar-refractivity contribution is 0.0499. The first kappa shape index (κ1) is 25.8. The highest BCUT2D eigenvalue weighted by Crippen LogP contribution is 2.48. The highest BCUT2D eigenvalue weighted by atomic mass is 32.2. The Balaban J connectivity index is 1.16. The first-order chi connectivity index (χ1) is 19.7. The van der Waals surface area contributed by atoms with Crippen LogP contribution in [0.25, 0.3) is 0 Å². The molecule has 0 saturated heterocycles. The Morgan fingerprint density at radius 1 is 0.750 bits per heavy atom. The minimum Gasteiger partial charge on any atom is -0.451 e. The van der Waals surface area contributed by atoms with E-state index in [1.54, 1.807) is 6.20 Å². The molecule has 2 heterocycles. The molecule has 7 heteroatoms. The van der Waals surface area contributed by atoms with Gasteiger partial charge in [-0.2, -0.15) is 0 Å². The van der Waals surface area contributed by atoms with Gasteiger partial charge >= 0.3 is 0 Å². The number of benzene rings is 4. The van der Waals surface area contributed by atoms with Crippen molar-refractivity contribution >= 4 is 17.7 Å². The summed E-state index contributed by atoms with van der Waals surface area (Å²) in [7, 11) is 0. The van der Waals surface area contributed by atoms with E-state index in [4.69, 9.17) is 9.47 Å². The van der Waals surface area contributed by atoms with E-state index in [-0.39, 0.29) is 5.56 Å². The highest BCUT2D eigenvalue weighted by molar-refractivity contribution is 8.00. The molecule has 2 N–H and O–H groups in total. The number of hydrogen-bond donors (Lipinski definition) is 2. The quantitative estimate of drug-likeness (QED) is 0.159. The summed E-state index contributed by atoms with van der Waals surface area (Å²) in [6.45, 7) is 0.616. The molecule has 1 aromatic heterocycles. The van der Waals surface area contributed by atoms with Gasteiger partial charge in [-0.1, -0.05) is 103 Å². The molecule has 40 heavy (non-hydrogen) atoms. The SMILES string of the molecule is O=c1[nH]c(NCCSC(c2ccccc2)(c2ccccc2)c2ccccc2)ncc1CC1Oc2ccccc2O1. The van der Waals surface area contributed by atoms with Crippen LogP contribution in [0.3, 0.4) is 0 Å². The van der Waals surface area contributed by atoms with E-state index in [0.717, 1.165) is 5.75 Å². The molecule has 5 aromatic rings. The number of para-hydroxylation sites is 2. The third-order valence-electron chi connectivity index (χ3n) is 6.88. The molecule has 200 valence electrons. The van der Waals surface area contributed by atoms with Crippen molar-refractivity contribution in [3.63, 3.8) is 0 Å².